The largest absolute Gasteiger partial charge is 0.409 e. The average Bonchev–Trinajstić information content (AvgIpc) is 2.96. The van der Waals surface area contributed by atoms with Gasteiger partial charge >= 0.3 is 0 Å². The number of anilines is 2. The van der Waals surface area contributed by atoms with Gasteiger partial charge in [0.2, 0.25) is 5.89 Å². The zero-order chi connectivity index (χ0) is 16.4. The molecule has 2 aromatic carbocycles. The van der Waals surface area contributed by atoms with Gasteiger partial charge in [-0.15, -0.1) is 5.10 Å². The first kappa shape index (κ1) is 15.7. The van der Waals surface area contributed by atoms with Gasteiger partial charge in [0.15, 0.2) is 0 Å². The van der Waals surface area contributed by atoms with Gasteiger partial charge < -0.3 is 14.8 Å². The molecule has 0 bridgehead atoms. The van der Waals surface area contributed by atoms with Gasteiger partial charge in [0.05, 0.1) is 28.1 Å². The number of benzene rings is 2. The Labute approximate surface area is 142 Å². The van der Waals surface area contributed by atoms with E-state index in [4.69, 9.17) is 28.2 Å². The summed E-state index contributed by atoms with van der Waals surface area (Å²) in [7, 11) is 0. The number of aromatic amines is 1. The van der Waals surface area contributed by atoms with Crippen LogP contribution in [-0.2, 0) is 0 Å². The molecule has 3 aromatic rings. The highest BCUT2D eigenvalue weighted by Gasteiger charge is 2.14. The van der Waals surface area contributed by atoms with E-state index in [2.05, 4.69) is 15.5 Å². The molecule has 23 heavy (non-hydrogen) atoms. The van der Waals surface area contributed by atoms with E-state index in [1.165, 1.54) is 0 Å². The summed E-state index contributed by atoms with van der Waals surface area (Å²) in [6, 6.07) is 13.0. The Morgan fingerprint density at radius 1 is 1.22 bits per heavy atom. The summed E-state index contributed by atoms with van der Waals surface area (Å²) in [5.74, 6) is 0.390. The topological polar surface area (TPSA) is 74.1 Å². The van der Waals surface area contributed by atoms with Crippen molar-refractivity contribution in [2.75, 3.05) is 5.32 Å². The van der Waals surface area contributed by atoms with Crippen LogP contribution in [0.3, 0.4) is 0 Å². The van der Waals surface area contributed by atoms with Crippen LogP contribution in [0.25, 0.3) is 11.5 Å². The first-order valence-corrected chi connectivity index (χ1v) is 7.73. The Morgan fingerprint density at radius 3 is 2.65 bits per heavy atom. The molecule has 0 aliphatic carbocycles. The maximum Gasteiger partial charge on any atom is 0.284 e. The third kappa shape index (κ3) is 3.29. The van der Waals surface area contributed by atoms with Crippen LogP contribution in [0.5, 0.6) is 0 Å². The molecule has 1 unspecified atom stereocenters. The van der Waals surface area contributed by atoms with Crippen molar-refractivity contribution in [3.63, 3.8) is 0 Å². The molecule has 0 aliphatic heterocycles. The van der Waals surface area contributed by atoms with Crippen LogP contribution in [-0.4, -0.2) is 15.3 Å². The van der Waals surface area contributed by atoms with Gasteiger partial charge in [0, 0.05) is 5.56 Å². The van der Waals surface area contributed by atoms with E-state index in [0.29, 0.717) is 22.2 Å². The minimum atomic E-state index is -0.649. The van der Waals surface area contributed by atoms with Crippen molar-refractivity contribution in [1.82, 2.24) is 10.2 Å². The van der Waals surface area contributed by atoms with E-state index in [1.54, 1.807) is 13.0 Å². The Bertz CT molecular complexity index is 889. The molecule has 5 nitrogen and oxygen atoms in total. The summed E-state index contributed by atoms with van der Waals surface area (Å²) < 4.78 is 5.38. The molecule has 0 spiro atoms. The highest BCUT2D eigenvalue weighted by molar-refractivity contribution is 7.71. The number of para-hydroxylation sites is 1. The van der Waals surface area contributed by atoms with Crippen molar-refractivity contribution in [2.45, 2.75) is 13.0 Å². The van der Waals surface area contributed by atoms with Crippen LogP contribution >= 0.6 is 23.8 Å². The van der Waals surface area contributed by atoms with Gasteiger partial charge in [0.25, 0.3) is 4.84 Å². The van der Waals surface area contributed by atoms with Crippen LogP contribution in [0, 0.1) is 4.84 Å². The SMILES string of the molecule is CC(O)c1cccc(Nc2ccccc2-c2n[nH]c(=S)o2)c1Cl. The van der Waals surface area contributed by atoms with Crippen LogP contribution in [0.4, 0.5) is 11.4 Å². The average molecular weight is 348 g/mol. The molecule has 118 valence electrons. The van der Waals surface area contributed by atoms with Gasteiger partial charge in [-0.3, -0.25) is 0 Å². The van der Waals surface area contributed by atoms with E-state index in [1.807, 2.05) is 36.4 Å². The van der Waals surface area contributed by atoms with Gasteiger partial charge in [-0.2, -0.15) is 0 Å². The van der Waals surface area contributed by atoms with Crippen molar-refractivity contribution in [1.29, 1.82) is 0 Å². The lowest BCUT2D eigenvalue weighted by atomic mass is 10.1. The number of aliphatic hydroxyl groups excluding tert-OH is 1. The van der Waals surface area contributed by atoms with E-state index in [0.717, 1.165) is 11.3 Å². The molecule has 1 heterocycles. The van der Waals surface area contributed by atoms with Crippen molar-refractivity contribution in [3.05, 3.63) is 57.9 Å². The van der Waals surface area contributed by atoms with Crippen molar-refractivity contribution < 1.29 is 9.52 Å². The maximum atomic E-state index is 9.78. The minimum Gasteiger partial charge on any atom is -0.409 e. The first-order valence-electron chi connectivity index (χ1n) is 6.94. The molecular formula is C16H14ClN3O2S. The molecule has 0 radical (unpaired) electrons. The molecule has 0 saturated carbocycles. The van der Waals surface area contributed by atoms with Crippen LogP contribution in [0.1, 0.15) is 18.6 Å². The zero-order valence-electron chi connectivity index (χ0n) is 12.2. The summed E-state index contributed by atoms with van der Waals surface area (Å²) in [4.78, 5) is 0.212. The van der Waals surface area contributed by atoms with Crippen molar-refractivity contribution in [2.24, 2.45) is 0 Å². The van der Waals surface area contributed by atoms with Gasteiger partial charge in [-0.25, -0.2) is 5.10 Å². The number of rotatable bonds is 4. The van der Waals surface area contributed by atoms with Gasteiger partial charge in [0.1, 0.15) is 0 Å². The van der Waals surface area contributed by atoms with E-state index in [9.17, 15) is 5.11 Å². The Morgan fingerprint density at radius 2 is 1.96 bits per heavy atom. The lowest BCUT2D eigenvalue weighted by molar-refractivity contribution is 0.199. The normalized spacial score (nSPS) is 12.1. The standard InChI is InChI=1S/C16H14ClN3O2S/c1-9(21)10-6-4-8-13(14(10)17)18-12-7-3-2-5-11(12)15-19-20-16(23)22-15/h2-9,18,21H,1H3,(H,20,23). The molecule has 0 amide bonds. The number of nitrogens with zero attached hydrogens (tertiary/aromatic N) is 1. The Balaban J connectivity index is 2.02. The maximum absolute atomic E-state index is 9.78. The van der Waals surface area contributed by atoms with Gasteiger partial charge in [-0.05, 0) is 37.3 Å². The number of H-pyrrole nitrogens is 1. The predicted molar refractivity (Wildman–Crippen MR) is 92.5 cm³/mol. The van der Waals surface area contributed by atoms with Gasteiger partial charge in [-0.1, -0.05) is 35.9 Å². The number of nitrogens with one attached hydrogen (secondary N) is 2. The third-order valence-corrected chi connectivity index (χ3v) is 3.94. The fourth-order valence-electron chi connectivity index (χ4n) is 2.24. The van der Waals surface area contributed by atoms with E-state index < -0.39 is 6.10 Å². The molecule has 1 aromatic heterocycles. The fraction of sp³-hybridized carbons (Fsp3) is 0.125. The molecule has 0 saturated heterocycles. The van der Waals surface area contributed by atoms with Crippen molar-refractivity contribution >= 4 is 35.2 Å². The summed E-state index contributed by atoms with van der Waals surface area (Å²) in [5.41, 5.74) is 2.86. The monoisotopic (exact) mass is 347 g/mol. The number of hydrogen-bond acceptors (Lipinski definition) is 5. The molecule has 1 atom stereocenters. The molecular weight excluding hydrogens is 334 g/mol. The lowest BCUT2D eigenvalue weighted by Gasteiger charge is -2.14. The Hall–Kier alpha value is -2.15. The summed E-state index contributed by atoms with van der Waals surface area (Å²) in [6.07, 6.45) is -0.649. The second-order valence-corrected chi connectivity index (χ2v) is 5.72. The Kier molecular flexibility index (Phi) is 4.47. The molecule has 3 rings (SSSR count). The summed E-state index contributed by atoms with van der Waals surface area (Å²) >= 11 is 11.3. The predicted octanol–water partition coefficient (Wildman–Crippen LogP) is 4.85. The lowest BCUT2D eigenvalue weighted by Crippen LogP contribution is -1.98. The molecule has 0 fully saturated rings. The number of halogens is 1. The van der Waals surface area contributed by atoms with Crippen molar-refractivity contribution in [3.8, 4) is 11.5 Å². The molecule has 0 aliphatic rings. The smallest absolute Gasteiger partial charge is 0.284 e. The zero-order valence-corrected chi connectivity index (χ0v) is 13.8. The van der Waals surface area contributed by atoms with Crippen LogP contribution in [0.2, 0.25) is 5.02 Å². The first-order chi connectivity index (χ1) is 11.1. The van der Waals surface area contributed by atoms with Crippen LogP contribution < -0.4 is 5.32 Å². The number of hydrogen-bond donors (Lipinski definition) is 3. The van der Waals surface area contributed by atoms with E-state index in [-0.39, 0.29) is 4.84 Å². The number of aliphatic hydroxyl groups is 1. The number of aromatic nitrogens is 2. The summed E-state index contributed by atoms with van der Waals surface area (Å²) in [5, 5.41) is 20.2. The molecule has 3 N–H and O–H groups in total. The second-order valence-electron chi connectivity index (χ2n) is 4.97. The fourth-order valence-corrected chi connectivity index (χ4v) is 2.69. The molecule has 7 heteroatoms. The van der Waals surface area contributed by atoms with E-state index >= 15 is 0 Å². The second kappa shape index (κ2) is 6.54. The highest BCUT2D eigenvalue weighted by Crippen LogP contribution is 2.35. The third-order valence-electron chi connectivity index (χ3n) is 3.34. The minimum absolute atomic E-state index is 0.212. The highest BCUT2D eigenvalue weighted by atomic mass is 35.5. The van der Waals surface area contributed by atoms with Crippen LogP contribution in [0.15, 0.2) is 46.9 Å². The quantitative estimate of drug-likeness (QED) is 0.588. The summed E-state index contributed by atoms with van der Waals surface area (Å²) in [6.45, 7) is 1.67.